The van der Waals surface area contributed by atoms with Gasteiger partial charge in [-0.3, -0.25) is 4.79 Å². The minimum Gasteiger partial charge on any atom is -0.352 e. The van der Waals surface area contributed by atoms with Crippen LogP contribution in [-0.4, -0.2) is 69.8 Å². The summed E-state index contributed by atoms with van der Waals surface area (Å²) in [6.45, 7) is 2.90. The van der Waals surface area contributed by atoms with Crippen LogP contribution in [0.2, 0.25) is 0 Å². The Balaban J connectivity index is 1.33. The van der Waals surface area contributed by atoms with Crippen LogP contribution in [-0.2, 0) is 14.8 Å². The first kappa shape index (κ1) is 21.9. The summed E-state index contributed by atoms with van der Waals surface area (Å²) in [5.41, 5.74) is 2.55. The zero-order chi connectivity index (χ0) is 23.7. The maximum Gasteiger partial charge on any atom is 0.243 e. The number of hydrogen-bond donors (Lipinski definition) is 1. The average molecular weight is 479 g/mol. The smallest absolute Gasteiger partial charge is 0.243 e. The van der Waals surface area contributed by atoms with Crippen LogP contribution in [0.25, 0.3) is 16.9 Å². The minimum atomic E-state index is -3.66. The zero-order valence-corrected chi connectivity index (χ0v) is 19.2. The van der Waals surface area contributed by atoms with Gasteiger partial charge in [0.15, 0.2) is 17.0 Å². The number of piperazine rings is 1. The fourth-order valence-corrected chi connectivity index (χ4v) is 5.34. The quantitative estimate of drug-likeness (QED) is 0.459. The van der Waals surface area contributed by atoms with Crippen LogP contribution in [0.4, 0.5) is 11.5 Å². The van der Waals surface area contributed by atoms with E-state index in [4.69, 9.17) is 0 Å². The first-order valence-corrected chi connectivity index (χ1v) is 12.1. The van der Waals surface area contributed by atoms with Crippen LogP contribution in [0.3, 0.4) is 0 Å². The summed E-state index contributed by atoms with van der Waals surface area (Å²) < 4.78 is 29.3. The van der Waals surface area contributed by atoms with Crippen molar-refractivity contribution in [3.63, 3.8) is 0 Å². The molecule has 0 radical (unpaired) electrons. The lowest BCUT2D eigenvalue weighted by Crippen LogP contribution is -2.49. The topological polar surface area (TPSA) is 126 Å². The van der Waals surface area contributed by atoms with E-state index in [9.17, 15) is 13.2 Å². The number of anilines is 2. The van der Waals surface area contributed by atoms with Crippen molar-refractivity contribution in [2.75, 3.05) is 36.4 Å². The lowest BCUT2D eigenvalue weighted by molar-refractivity contribution is -0.114. The van der Waals surface area contributed by atoms with Crippen molar-refractivity contribution in [3.8, 4) is 5.69 Å². The molecule has 2 aromatic heterocycles. The molecule has 3 heterocycles. The number of rotatable bonds is 5. The molecular formula is C22H22N8O3S. The predicted octanol–water partition coefficient (Wildman–Crippen LogP) is 1.68. The Bertz CT molecular complexity index is 1430. The standard InChI is InChI=1S/C22H22N8O3S/c1-16(31)25-17-7-9-19(10-8-17)34(32,33)29-13-11-28(12-14-29)21-20-22(24-15-23-21)30(27-26-20)18-5-3-2-4-6-18/h2-10,15H,11-14H2,1H3,(H,25,31). The summed E-state index contributed by atoms with van der Waals surface area (Å²) in [6.07, 6.45) is 1.47. The third kappa shape index (κ3) is 4.08. The highest BCUT2D eigenvalue weighted by Gasteiger charge is 2.30. The van der Waals surface area contributed by atoms with Gasteiger partial charge in [0.05, 0.1) is 10.6 Å². The number of sulfonamides is 1. The molecule has 0 spiro atoms. The Hall–Kier alpha value is -3.90. The Kier molecular flexibility index (Phi) is 5.67. The maximum atomic E-state index is 13.1. The van der Waals surface area contributed by atoms with E-state index in [1.807, 2.05) is 35.2 Å². The summed E-state index contributed by atoms with van der Waals surface area (Å²) in [6, 6.07) is 15.8. The van der Waals surface area contributed by atoms with Crippen LogP contribution in [0, 0.1) is 0 Å². The van der Waals surface area contributed by atoms with E-state index in [1.54, 1.807) is 16.8 Å². The Labute approximate surface area is 196 Å². The summed E-state index contributed by atoms with van der Waals surface area (Å²) in [4.78, 5) is 22.1. The minimum absolute atomic E-state index is 0.185. The van der Waals surface area contributed by atoms with Gasteiger partial charge in [-0.25, -0.2) is 18.4 Å². The molecule has 1 aliphatic heterocycles. The molecule has 0 unspecified atom stereocenters. The Morgan fingerprint density at radius 2 is 1.65 bits per heavy atom. The van der Waals surface area contributed by atoms with E-state index in [1.165, 1.54) is 29.7 Å². The van der Waals surface area contributed by atoms with Crippen LogP contribution in [0.15, 0.2) is 65.8 Å². The highest BCUT2D eigenvalue weighted by molar-refractivity contribution is 7.89. The second-order valence-corrected chi connectivity index (χ2v) is 9.74. The van der Waals surface area contributed by atoms with Gasteiger partial charge in [-0.1, -0.05) is 23.4 Å². The monoisotopic (exact) mass is 478 g/mol. The van der Waals surface area contributed by atoms with Crippen LogP contribution >= 0.6 is 0 Å². The number of hydrogen-bond acceptors (Lipinski definition) is 8. The van der Waals surface area contributed by atoms with E-state index in [0.29, 0.717) is 48.8 Å². The highest BCUT2D eigenvalue weighted by atomic mass is 32.2. The van der Waals surface area contributed by atoms with Crippen molar-refractivity contribution in [3.05, 3.63) is 60.9 Å². The fourth-order valence-electron chi connectivity index (χ4n) is 3.91. The molecule has 12 heteroatoms. The van der Waals surface area contributed by atoms with E-state index >= 15 is 0 Å². The van der Waals surface area contributed by atoms with Crippen LogP contribution < -0.4 is 10.2 Å². The molecule has 2 aromatic carbocycles. The number of carbonyl (C=O) groups is 1. The molecule has 1 aliphatic rings. The number of benzene rings is 2. The first-order chi connectivity index (χ1) is 16.4. The van der Waals surface area contributed by atoms with Crippen molar-refractivity contribution in [2.45, 2.75) is 11.8 Å². The molecule has 174 valence electrons. The van der Waals surface area contributed by atoms with Gasteiger partial charge < -0.3 is 10.2 Å². The van der Waals surface area contributed by atoms with Gasteiger partial charge in [-0.15, -0.1) is 5.10 Å². The molecule has 1 fully saturated rings. The maximum absolute atomic E-state index is 13.1. The average Bonchev–Trinajstić information content (AvgIpc) is 3.29. The largest absolute Gasteiger partial charge is 0.352 e. The predicted molar refractivity (Wildman–Crippen MR) is 126 cm³/mol. The van der Waals surface area contributed by atoms with Gasteiger partial charge in [-0.05, 0) is 36.4 Å². The van der Waals surface area contributed by atoms with Gasteiger partial charge in [0.25, 0.3) is 0 Å². The Morgan fingerprint density at radius 1 is 0.941 bits per heavy atom. The molecule has 11 nitrogen and oxygen atoms in total. The summed E-state index contributed by atoms with van der Waals surface area (Å²) >= 11 is 0. The van der Waals surface area contributed by atoms with Crippen molar-refractivity contribution >= 4 is 38.6 Å². The number of amides is 1. The second kappa shape index (κ2) is 8.80. The zero-order valence-electron chi connectivity index (χ0n) is 18.4. The van der Waals surface area contributed by atoms with Gasteiger partial charge in [-0.2, -0.15) is 8.99 Å². The summed E-state index contributed by atoms with van der Waals surface area (Å²) in [7, 11) is -3.66. The third-order valence-electron chi connectivity index (χ3n) is 5.57. The molecular weight excluding hydrogens is 456 g/mol. The fraction of sp³-hybridized carbons (Fsp3) is 0.227. The Morgan fingerprint density at radius 3 is 2.32 bits per heavy atom. The molecule has 1 amide bonds. The van der Waals surface area contributed by atoms with Gasteiger partial charge in [0.2, 0.25) is 15.9 Å². The first-order valence-electron chi connectivity index (χ1n) is 10.7. The summed E-state index contributed by atoms with van der Waals surface area (Å²) in [5, 5.41) is 11.2. The molecule has 0 saturated carbocycles. The molecule has 5 rings (SSSR count). The summed E-state index contributed by atoms with van der Waals surface area (Å²) in [5.74, 6) is 0.415. The molecule has 34 heavy (non-hydrogen) atoms. The number of nitrogens with zero attached hydrogens (tertiary/aromatic N) is 7. The van der Waals surface area contributed by atoms with Crippen molar-refractivity contribution in [1.82, 2.24) is 29.3 Å². The molecule has 1 saturated heterocycles. The normalized spacial score (nSPS) is 14.9. The number of fused-ring (bicyclic) bond motifs is 1. The van der Waals surface area contributed by atoms with Gasteiger partial charge in [0.1, 0.15) is 6.33 Å². The molecule has 0 bridgehead atoms. The third-order valence-corrected chi connectivity index (χ3v) is 7.48. The van der Waals surface area contributed by atoms with E-state index in [2.05, 4.69) is 25.6 Å². The van der Waals surface area contributed by atoms with E-state index in [-0.39, 0.29) is 10.8 Å². The van der Waals surface area contributed by atoms with Crippen LogP contribution in [0.1, 0.15) is 6.92 Å². The van der Waals surface area contributed by atoms with Crippen molar-refractivity contribution in [1.29, 1.82) is 0 Å². The van der Waals surface area contributed by atoms with E-state index < -0.39 is 10.0 Å². The van der Waals surface area contributed by atoms with Gasteiger partial charge >= 0.3 is 0 Å². The lowest BCUT2D eigenvalue weighted by atomic mass is 10.3. The number of nitrogens with one attached hydrogen (secondary N) is 1. The molecule has 4 aromatic rings. The second-order valence-electron chi connectivity index (χ2n) is 7.80. The van der Waals surface area contributed by atoms with Gasteiger partial charge in [0, 0.05) is 38.8 Å². The van der Waals surface area contributed by atoms with Crippen molar-refractivity contribution < 1.29 is 13.2 Å². The number of carbonyl (C=O) groups excluding carboxylic acids is 1. The number of para-hydroxylation sites is 1. The van der Waals surface area contributed by atoms with E-state index in [0.717, 1.165) is 5.69 Å². The molecule has 1 N–H and O–H groups in total. The van der Waals surface area contributed by atoms with Crippen molar-refractivity contribution in [2.24, 2.45) is 0 Å². The highest BCUT2D eigenvalue weighted by Crippen LogP contribution is 2.25. The lowest BCUT2D eigenvalue weighted by Gasteiger charge is -2.34. The van der Waals surface area contributed by atoms with Crippen LogP contribution in [0.5, 0.6) is 0 Å². The number of aromatic nitrogens is 5. The molecule has 0 atom stereocenters. The SMILES string of the molecule is CC(=O)Nc1ccc(S(=O)(=O)N2CCN(c3ncnc4c3nnn4-c3ccccc3)CC2)cc1. The molecule has 0 aliphatic carbocycles.